The Hall–Kier alpha value is -1.91. The Morgan fingerprint density at radius 2 is 1.85 bits per heavy atom. The van der Waals surface area contributed by atoms with Crippen molar-refractivity contribution >= 4 is 23.6 Å². The van der Waals surface area contributed by atoms with Crippen LogP contribution in [-0.4, -0.2) is 43.1 Å². The van der Waals surface area contributed by atoms with Gasteiger partial charge < -0.3 is 25.3 Å². The van der Waals surface area contributed by atoms with Crippen LogP contribution in [0.1, 0.15) is 79.8 Å². The van der Waals surface area contributed by atoms with Gasteiger partial charge in [0.15, 0.2) is 0 Å². The molecule has 2 atom stereocenters. The number of carbonyl (C=O) groups is 2. The van der Waals surface area contributed by atoms with E-state index in [-0.39, 0.29) is 18.9 Å². The van der Waals surface area contributed by atoms with Crippen molar-refractivity contribution in [1.29, 1.82) is 0 Å². The number of benzene rings is 2. The van der Waals surface area contributed by atoms with E-state index in [0.717, 1.165) is 34.6 Å². The second kappa shape index (κ2) is 17.0. The van der Waals surface area contributed by atoms with Crippen molar-refractivity contribution in [2.75, 3.05) is 19.1 Å². The van der Waals surface area contributed by atoms with E-state index in [2.05, 4.69) is 17.6 Å². The normalized spacial score (nSPS) is 15.2. The van der Waals surface area contributed by atoms with Gasteiger partial charge in [-0.15, -0.1) is 0 Å². The van der Waals surface area contributed by atoms with Crippen molar-refractivity contribution in [2.45, 2.75) is 83.8 Å². The Bertz CT molecular complexity index is 1070. The number of hydrogen-bond acceptors (Lipinski definition) is 6. The maximum atomic E-state index is 13.5. The molecule has 1 aliphatic rings. The number of carboxylic acids is 1. The van der Waals surface area contributed by atoms with Gasteiger partial charge in [0.1, 0.15) is 5.75 Å². The number of carbonyl (C=O) groups excluding carboxylic acids is 2. The van der Waals surface area contributed by atoms with Crippen LogP contribution < -0.4 is 39.3 Å². The SMILES string of the molecule is CCC(CC1CCCCC1)NCc1cc(-c2ccccc2C)c(C(=O)NC(CCSC)C(=O)[O-])cc1OC.[Li+]. The van der Waals surface area contributed by atoms with Gasteiger partial charge >= 0.3 is 18.9 Å². The quantitative estimate of drug-likeness (QED) is 0.353. The van der Waals surface area contributed by atoms with Crippen molar-refractivity contribution in [3.8, 4) is 16.9 Å². The molecule has 1 saturated carbocycles. The summed E-state index contributed by atoms with van der Waals surface area (Å²) in [5, 5.41) is 18.1. The average Bonchev–Trinajstić information content (AvgIpc) is 2.93. The van der Waals surface area contributed by atoms with Gasteiger partial charge in [-0.05, 0) is 72.9 Å². The average molecular weight is 547 g/mol. The smallest absolute Gasteiger partial charge is 0.548 e. The Morgan fingerprint density at radius 1 is 1.13 bits per heavy atom. The monoisotopic (exact) mass is 546 g/mol. The molecule has 0 saturated heterocycles. The molecular weight excluding hydrogens is 503 g/mol. The molecule has 2 aromatic rings. The number of hydrogen-bond donors (Lipinski definition) is 2. The summed E-state index contributed by atoms with van der Waals surface area (Å²) >= 11 is 1.53. The largest absolute Gasteiger partial charge is 1.00 e. The van der Waals surface area contributed by atoms with Crippen LogP contribution in [0.3, 0.4) is 0 Å². The Kier molecular flexibility index (Phi) is 14.5. The van der Waals surface area contributed by atoms with Gasteiger partial charge in [-0.1, -0.05) is 63.3 Å². The number of thioether (sulfide) groups is 1. The first-order valence-electron chi connectivity index (χ1n) is 13.9. The zero-order chi connectivity index (χ0) is 27.5. The summed E-state index contributed by atoms with van der Waals surface area (Å²) in [4.78, 5) is 25.2. The number of amides is 1. The van der Waals surface area contributed by atoms with Crippen molar-refractivity contribution in [1.82, 2.24) is 10.6 Å². The summed E-state index contributed by atoms with van der Waals surface area (Å²) in [6, 6.07) is 11.1. The minimum Gasteiger partial charge on any atom is -0.548 e. The number of rotatable bonds is 14. The molecule has 0 aromatic heterocycles. The molecule has 6 nitrogen and oxygen atoms in total. The first-order chi connectivity index (χ1) is 18.4. The molecule has 0 bridgehead atoms. The van der Waals surface area contributed by atoms with Crippen molar-refractivity contribution in [2.24, 2.45) is 5.92 Å². The third kappa shape index (κ3) is 9.60. The fourth-order valence-electron chi connectivity index (χ4n) is 5.43. The number of methoxy groups -OCH3 is 1. The number of ether oxygens (including phenoxy) is 1. The summed E-state index contributed by atoms with van der Waals surface area (Å²) < 4.78 is 5.74. The summed E-state index contributed by atoms with van der Waals surface area (Å²) in [7, 11) is 1.61. The molecule has 2 aromatic carbocycles. The summed E-state index contributed by atoms with van der Waals surface area (Å²) in [6.07, 6.45) is 11.1. The molecule has 0 aliphatic heterocycles. The second-order valence-corrected chi connectivity index (χ2v) is 11.4. The van der Waals surface area contributed by atoms with Crippen LogP contribution in [0.15, 0.2) is 36.4 Å². The van der Waals surface area contributed by atoms with E-state index in [9.17, 15) is 14.7 Å². The molecular formula is C31H43LiN2O4S. The molecule has 208 valence electrons. The van der Waals surface area contributed by atoms with Gasteiger partial charge in [-0.25, -0.2) is 0 Å². The molecule has 3 rings (SSSR count). The Labute approximate surface area is 250 Å². The van der Waals surface area contributed by atoms with Gasteiger partial charge in [0.2, 0.25) is 0 Å². The Morgan fingerprint density at radius 3 is 2.46 bits per heavy atom. The molecule has 8 heteroatoms. The molecule has 0 radical (unpaired) electrons. The predicted octanol–water partition coefficient (Wildman–Crippen LogP) is 2.11. The van der Waals surface area contributed by atoms with Crippen LogP contribution in [0, 0.1) is 12.8 Å². The van der Waals surface area contributed by atoms with E-state index < -0.39 is 17.9 Å². The summed E-state index contributed by atoms with van der Waals surface area (Å²) in [5.41, 5.74) is 4.10. The van der Waals surface area contributed by atoms with E-state index in [1.54, 1.807) is 13.2 Å². The molecule has 1 amide bonds. The minimum atomic E-state index is -1.28. The maximum Gasteiger partial charge on any atom is 1.00 e. The van der Waals surface area contributed by atoms with Crippen LogP contribution in [0.2, 0.25) is 0 Å². The second-order valence-electron chi connectivity index (χ2n) is 10.4. The summed E-state index contributed by atoms with van der Waals surface area (Å²) in [6.45, 7) is 4.87. The molecule has 2 N–H and O–H groups in total. The number of aryl methyl sites for hydroxylation is 1. The third-order valence-electron chi connectivity index (χ3n) is 7.72. The topological polar surface area (TPSA) is 90.5 Å². The van der Waals surface area contributed by atoms with Crippen molar-refractivity contribution in [3.63, 3.8) is 0 Å². The van der Waals surface area contributed by atoms with Crippen LogP contribution >= 0.6 is 11.8 Å². The maximum absolute atomic E-state index is 13.5. The molecule has 39 heavy (non-hydrogen) atoms. The molecule has 1 aliphatic carbocycles. The fourth-order valence-corrected chi connectivity index (χ4v) is 5.90. The first kappa shape index (κ1) is 33.3. The minimum absolute atomic E-state index is 0. The zero-order valence-electron chi connectivity index (χ0n) is 24.3. The number of carboxylic acid groups (broad SMARTS) is 1. The van der Waals surface area contributed by atoms with Gasteiger partial charge in [-0.2, -0.15) is 11.8 Å². The third-order valence-corrected chi connectivity index (χ3v) is 8.36. The van der Waals surface area contributed by atoms with E-state index in [1.807, 2.05) is 43.5 Å². The van der Waals surface area contributed by atoms with Gasteiger partial charge in [0.25, 0.3) is 5.91 Å². The number of aliphatic carboxylic acids is 1. The van der Waals surface area contributed by atoms with Crippen molar-refractivity contribution < 1.29 is 38.3 Å². The molecule has 0 spiro atoms. The molecule has 1 fully saturated rings. The van der Waals surface area contributed by atoms with Gasteiger partial charge in [0.05, 0.1) is 24.7 Å². The molecule has 0 heterocycles. The summed E-state index contributed by atoms with van der Waals surface area (Å²) in [5.74, 6) is 0.291. The van der Waals surface area contributed by atoms with Crippen LogP contribution in [0.4, 0.5) is 0 Å². The van der Waals surface area contributed by atoms with Gasteiger partial charge in [-0.3, -0.25) is 4.79 Å². The van der Waals surface area contributed by atoms with Crippen LogP contribution in [0.25, 0.3) is 11.1 Å². The van der Waals surface area contributed by atoms with Gasteiger partial charge in [0, 0.05) is 18.2 Å². The Balaban J connectivity index is 0.00000533. The molecule has 2 unspecified atom stereocenters. The van der Waals surface area contributed by atoms with Crippen LogP contribution in [-0.2, 0) is 11.3 Å². The van der Waals surface area contributed by atoms with Crippen molar-refractivity contribution in [3.05, 3.63) is 53.1 Å². The van der Waals surface area contributed by atoms with Crippen LogP contribution in [0.5, 0.6) is 5.75 Å². The van der Waals surface area contributed by atoms with E-state index in [4.69, 9.17) is 4.74 Å². The van der Waals surface area contributed by atoms with E-state index >= 15 is 0 Å². The first-order valence-corrected chi connectivity index (χ1v) is 15.3. The van der Waals surface area contributed by atoms with E-state index in [0.29, 0.717) is 36.1 Å². The standard InChI is InChI=1S/C31H44N2O4S.Li/c1-5-24(17-22-12-7-6-8-13-22)32-20-23-18-26(25-14-10-9-11-21(25)2)27(19-29(23)37-3)30(34)33-28(31(35)36)15-16-38-4;/h9-11,14,18-19,22,24,28,32H,5-8,12-13,15-17,20H2,1-4H3,(H,33,34)(H,35,36);/q;+1/p-1. The van der Waals surface area contributed by atoms with E-state index in [1.165, 1.54) is 50.3 Å². The fraction of sp³-hybridized carbons (Fsp3) is 0.548. The zero-order valence-corrected chi connectivity index (χ0v) is 25.1. The number of nitrogens with one attached hydrogen (secondary N) is 2. The predicted molar refractivity (Wildman–Crippen MR) is 155 cm³/mol.